The molecule has 9 heteroatoms. The summed E-state index contributed by atoms with van der Waals surface area (Å²) in [5.41, 5.74) is -2.34. The van der Waals surface area contributed by atoms with Gasteiger partial charge in [-0.2, -0.15) is 0 Å². The normalized spacial score (nSPS) is 29.0. The van der Waals surface area contributed by atoms with Crippen molar-refractivity contribution < 1.29 is 44.0 Å². The maximum Gasteiger partial charge on any atom is 0.341 e. The minimum Gasteiger partial charge on any atom is -0.481 e. The SMILES string of the molecule is CC1(C(=O)O)C(C(=O)O)OC(C(=O)Oc2ccccc2)C1C(=O)O. The Morgan fingerprint density at radius 1 is 1.04 bits per heavy atom. The first-order valence-electron chi connectivity index (χ1n) is 6.80. The maximum atomic E-state index is 12.2. The highest BCUT2D eigenvalue weighted by Gasteiger charge is 2.66. The molecule has 0 radical (unpaired) electrons. The number of carbonyl (C=O) groups is 4. The summed E-state index contributed by atoms with van der Waals surface area (Å²) in [6, 6.07) is 7.63. The van der Waals surface area contributed by atoms with E-state index in [-0.39, 0.29) is 5.75 Å². The molecule has 1 fully saturated rings. The summed E-state index contributed by atoms with van der Waals surface area (Å²) < 4.78 is 9.94. The molecule has 2 rings (SSSR count). The van der Waals surface area contributed by atoms with Gasteiger partial charge in [0.15, 0.2) is 12.2 Å². The van der Waals surface area contributed by atoms with E-state index in [0.717, 1.165) is 6.92 Å². The Kier molecular flexibility index (Phi) is 4.56. The number of benzene rings is 1. The topological polar surface area (TPSA) is 147 Å². The molecule has 1 aromatic rings. The molecule has 0 bridgehead atoms. The average molecular weight is 338 g/mol. The van der Waals surface area contributed by atoms with E-state index < -0.39 is 47.4 Å². The zero-order valence-corrected chi connectivity index (χ0v) is 12.4. The minimum absolute atomic E-state index is 0.0889. The molecular weight excluding hydrogens is 324 g/mol. The fourth-order valence-electron chi connectivity index (χ4n) is 2.64. The largest absolute Gasteiger partial charge is 0.481 e. The second-order valence-corrected chi connectivity index (χ2v) is 5.41. The van der Waals surface area contributed by atoms with Crippen molar-refractivity contribution in [1.29, 1.82) is 0 Å². The van der Waals surface area contributed by atoms with Crippen LogP contribution in [0.4, 0.5) is 0 Å². The zero-order valence-electron chi connectivity index (χ0n) is 12.4. The number of hydrogen-bond donors (Lipinski definition) is 3. The average Bonchev–Trinajstić information content (AvgIpc) is 2.83. The number of para-hydroxylation sites is 1. The van der Waals surface area contributed by atoms with Gasteiger partial charge >= 0.3 is 23.9 Å². The van der Waals surface area contributed by atoms with Crippen LogP contribution < -0.4 is 4.74 Å². The number of carboxylic acids is 3. The van der Waals surface area contributed by atoms with Crippen molar-refractivity contribution in [3.63, 3.8) is 0 Å². The standard InChI is InChI=1S/C15H14O9/c1-15(14(21)22)8(11(16)17)9(24-10(15)12(18)19)13(20)23-7-5-3-2-4-6-7/h2-6,8-10H,1H3,(H,16,17)(H,18,19)(H,21,22). The van der Waals surface area contributed by atoms with Gasteiger partial charge in [0.1, 0.15) is 17.1 Å². The van der Waals surface area contributed by atoms with Crippen LogP contribution in [0, 0.1) is 11.3 Å². The molecule has 0 amide bonds. The van der Waals surface area contributed by atoms with Crippen LogP contribution in [0.3, 0.4) is 0 Å². The van der Waals surface area contributed by atoms with E-state index in [0.29, 0.717) is 0 Å². The highest BCUT2D eigenvalue weighted by Crippen LogP contribution is 2.45. The van der Waals surface area contributed by atoms with E-state index in [1.807, 2.05) is 0 Å². The Hall–Kier alpha value is -2.94. The van der Waals surface area contributed by atoms with Gasteiger partial charge in [0, 0.05) is 0 Å². The summed E-state index contributed by atoms with van der Waals surface area (Å²) in [4.78, 5) is 46.5. The highest BCUT2D eigenvalue weighted by atomic mass is 16.6. The fraction of sp³-hybridized carbons (Fsp3) is 0.333. The second-order valence-electron chi connectivity index (χ2n) is 5.41. The van der Waals surface area contributed by atoms with Crippen molar-refractivity contribution in [2.45, 2.75) is 19.1 Å². The number of rotatable bonds is 5. The van der Waals surface area contributed by atoms with Crippen LogP contribution in [-0.2, 0) is 23.9 Å². The summed E-state index contributed by atoms with van der Waals surface area (Å²) in [5, 5.41) is 27.8. The van der Waals surface area contributed by atoms with Crippen LogP contribution in [0.2, 0.25) is 0 Å². The summed E-state index contributed by atoms with van der Waals surface area (Å²) in [6.45, 7) is 0.919. The number of ether oxygens (including phenoxy) is 2. The van der Waals surface area contributed by atoms with E-state index in [2.05, 4.69) is 0 Å². The summed E-state index contributed by atoms with van der Waals surface area (Å²) in [7, 11) is 0. The van der Waals surface area contributed by atoms with Gasteiger partial charge < -0.3 is 24.8 Å². The molecule has 0 aromatic heterocycles. The third kappa shape index (κ3) is 2.81. The van der Waals surface area contributed by atoms with E-state index in [1.165, 1.54) is 12.1 Å². The molecule has 4 atom stereocenters. The number of carboxylic acid groups (broad SMARTS) is 3. The molecule has 1 saturated heterocycles. The van der Waals surface area contributed by atoms with E-state index in [1.54, 1.807) is 18.2 Å². The van der Waals surface area contributed by atoms with E-state index in [4.69, 9.17) is 14.6 Å². The molecule has 0 aliphatic carbocycles. The molecule has 0 saturated carbocycles. The molecule has 1 heterocycles. The lowest BCUT2D eigenvalue weighted by atomic mass is 9.72. The first-order valence-corrected chi connectivity index (χ1v) is 6.80. The molecule has 1 aliphatic heterocycles. The number of hydrogen-bond acceptors (Lipinski definition) is 6. The van der Waals surface area contributed by atoms with Gasteiger partial charge in [-0.1, -0.05) is 18.2 Å². The van der Waals surface area contributed by atoms with Crippen LogP contribution in [-0.4, -0.2) is 51.4 Å². The van der Waals surface area contributed by atoms with Gasteiger partial charge in [-0.15, -0.1) is 0 Å². The Morgan fingerprint density at radius 3 is 2.08 bits per heavy atom. The molecule has 128 valence electrons. The highest BCUT2D eigenvalue weighted by molar-refractivity contribution is 5.95. The van der Waals surface area contributed by atoms with Crippen LogP contribution >= 0.6 is 0 Å². The predicted molar refractivity (Wildman–Crippen MR) is 75.2 cm³/mol. The third-order valence-electron chi connectivity index (χ3n) is 3.92. The smallest absolute Gasteiger partial charge is 0.341 e. The van der Waals surface area contributed by atoms with Gasteiger partial charge in [-0.3, -0.25) is 9.59 Å². The van der Waals surface area contributed by atoms with Gasteiger partial charge in [-0.25, -0.2) is 9.59 Å². The lowest BCUT2D eigenvalue weighted by Crippen LogP contribution is -2.48. The Bertz CT molecular complexity index is 683. The van der Waals surface area contributed by atoms with Gasteiger partial charge in [0.25, 0.3) is 0 Å². The predicted octanol–water partition coefficient (Wildman–Crippen LogP) is 0.236. The van der Waals surface area contributed by atoms with Crippen LogP contribution in [0.1, 0.15) is 6.92 Å². The Labute approximate surface area is 135 Å². The lowest BCUT2D eigenvalue weighted by Gasteiger charge is -2.26. The van der Waals surface area contributed by atoms with E-state index >= 15 is 0 Å². The zero-order chi connectivity index (χ0) is 18.1. The van der Waals surface area contributed by atoms with Crippen molar-refractivity contribution in [3.8, 4) is 5.75 Å². The molecule has 4 unspecified atom stereocenters. The van der Waals surface area contributed by atoms with Gasteiger partial charge in [-0.05, 0) is 19.1 Å². The molecule has 9 nitrogen and oxygen atoms in total. The lowest BCUT2D eigenvalue weighted by molar-refractivity contribution is -0.168. The van der Waals surface area contributed by atoms with Crippen molar-refractivity contribution in [2.24, 2.45) is 11.3 Å². The Balaban J connectivity index is 2.38. The summed E-state index contributed by atoms with van der Waals surface area (Å²) in [5.74, 6) is -8.06. The molecule has 1 aromatic carbocycles. The molecule has 24 heavy (non-hydrogen) atoms. The maximum absolute atomic E-state index is 12.2. The van der Waals surface area contributed by atoms with Gasteiger partial charge in [0.05, 0.1) is 0 Å². The van der Waals surface area contributed by atoms with Crippen molar-refractivity contribution in [2.75, 3.05) is 0 Å². The van der Waals surface area contributed by atoms with Crippen LogP contribution in [0.15, 0.2) is 30.3 Å². The van der Waals surface area contributed by atoms with Crippen molar-refractivity contribution in [3.05, 3.63) is 30.3 Å². The quantitative estimate of drug-likeness (QED) is 0.507. The van der Waals surface area contributed by atoms with Crippen LogP contribution in [0.25, 0.3) is 0 Å². The number of aliphatic carboxylic acids is 3. The van der Waals surface area contributed by atoms with Crippen molar-refractivity contribution in [1.82, 2.24) is 0 Å². The molecule has 0 spiro atoms. The van der Waals surface area contributed by atoms with Crippen molar-refractivity contribution >= 4 is 23.9 Å². The fourth-order valence-corrected chi connectivity index (χ4v) is 2.64. The Morgan fingerprint density at radius 2 is 1.62 bits per heavy atom. The molecule has 1 aliphatic rings. The second kappa shape index (κ2) is 6.28. The number of esters is 1. The van der Waals surface area contributed by atoms with Gasteiger partial charge in [0.2, 0.25) is 0 Å². The first-order chi connectivity index (χ1) is 11.2. The van der Waals surface area contributed by atoms with E-state index in [9.17, 15) is 29.4 Å². The minimum atomic E-state index is -2.34. The molecular formula is C15H14O9. The third-order valence-corrected chi connectivity index (χ3v) is 3.92. The monoisotopic (exact) mass is 338 g/mol. The number of carbonyl (C=O) groups excluding carboxylic acids is 1. The summed E-state index contributed by atoms with van der Waals surface area (Å²) >= 11 is 0. The molecule has 3 N–H and O–H groups in total. The summed E-state index contributed by atoms with van der Waals surface area (Å²) in [6.07, 6.45) is -3.88. The first kappa shape index (κ1) is 17.4. The van der Waals surface area contributed by atoms with Crippen LogP contribution in [0.5, 0.6) is 5.75 Å².